The molecule has 31 heavy (non-hydrogen) atoms. The van der Waals surface area contributed by atoms with Gasteiger partial charge in [0.2, 0.25) is 5.95 Å². The number of hydrogen-bond acceptors (Lipinski definition) is 5. The van der Waals surface area contributed by atoms with Crippen molar-refractivity contribution >= 4 is 23.1 Å². The number of benzene rings is 2. The lowest BCUT2D eigenvalue weighted by Gasteiger charge is -2.24. The van der Waals surface area contributed by atoms with E-state index in [1.807, 2.05) is 69.3 Å². The second kappa shape index (κ2) is 8.31. The number of anilines is 1. The Balaban J connectivity index is 1.57. The number of carbonyl (C=O) groups is 1. The van der Waals surface area contributed by atoms with Crippen molar-refractivity contribution in [3.8, 4) is 6.07 Å². The minimum atomic E-state index is -0.509. The summed E-state index contributed by atoms with van der Waals surface area (Å²) in [5.41, 5.74) is 2.98. The van der Waals surface area contributed by atoms with Gasteiger partial charge < -0.3 is 19.5 Å². The minimum Gasteiger partial charge on any atom is -0.444 e. The molecule has 1 aliphatic rings. The predicted molar refractivity (Wildman–Crippen MR) is 120 cm³/mol. The number of amides is 1. The number of ether oxygens (including phenoxy) is 1. The van der Waals surface area contributed by atoms with Gasteiger partial charge in [0.25, 0.3) is 0 Å². The summed E-state index contributed by atoms with van der Waals surface area (Å²) in [6.45, 7) is 7.36. The lowest BCUT2D eigenvalue weighted by Crippen LogP contribution is -2.36. The number of fused-ring (bicyclic) bond motifs is 1. The number of aromatic nitrogens is 2. The summed E-state index contributed by atoms with van der Waals surface area (Å²) in [5, 5.41) is 13.0. The summed E-state index contributed by atoms with van der Waals surface area (Å²) >= 11 is 0. The van der Waals surface area contributed by atoms with Crippen LogP contribution in [0.3, 0.4) is 0 Å². The molecule has 0 spiro atoms. The monoisotopic (exact) mass is 417 g/mol. The van der Waals surface area contributed by atoms with Crippen LogP contribution in [0.4, 0.5) is 10.7 Å². The number of nitrogens with one attached hydrogen (secondary N) is 1. The van der Waals surface area contributed by atoms with Crippen molar-refractivity contribution in [3.63, 3.8) is 0 Å². The van der Waals surface area contributed by atoms with Crippen LogP contribution in [0.25, 0.3) is 11.0 Å². The van der Waals surface area contributed by atoms with Crippen molar-refractivity contribution in [2.24, 2.45) is 0 Å². The van der Waals surface area contributed by atoms with Gasteiger partial charge in [-0.05, 0) is 51.0 Å². The summed E-state index contributed by atoms with van der Waals surface area (Å²) in [6.07, 6.45) is 0.533. The van der Waals surface area contributed by atoms with Crippen LogP contribution < -0.4 is 5.32 Å². The fraction of sp³-hybridized carbons (Fsp3) is 0.375. The summed E-state index contributed by atoms with van der Waals surface area (Å²) in [4.78, 5) is 18.9. The molecule has 7 heteroatoms. The van der Waals surface area contributed by atoms with Crippen LogP contribution in [-0.2, 0) is 11.3 Å². The topological polar surface area (TPSA) is 83.2 Å². The van der Waals surface area contributed by atoms with Crippen LogP contribution in [0.15, 0.2) is 48.5 Å². The van der Waals surface area contributed by atoms with E-state index in [1.54, 1.807) is 4.90 Å². The molecule has 0 unspecified atom stereocenters. The fourth-order valence-electron chi connectivity index (χ4n) is 3.84. The van der Waals surface area contributed by atoms with Crippen LogP contribution in [0, 0.1) is 11.3 Å². The molecule has 3 aromatic rings. The molecule has 0 aliphatic carbocycles. The Kier molecular flexibility index (Phi) is 5.55. The van der Waals surface area contributed by atoms with Crippen molar-refractivity contribution in [1.29, 1.82) is 5.26 Å². The lowest BCUT2D eigenvalue weighted by molar-refractivity contribution is 0.0293. The van der Waals surface area contributed by atoms with Crippen LogP contribution in [-0.4, -0.2) is 45.3 Å². The Bertz CT molecular complexity index is 1140. The van der Waals surface area contributed by atoms with Crippen LogP contribution in [0.5, 0.6) is 0 Å². The first kappa shape index (κ1) is 20.7. The molecule has 160 valence electrons. The predicted octanol–water partition coefficient (Wildman–Crippen LogP) is 4.38. The molecule has 2 aromatic carbocycles. The van der Waals surface area contributed by atoms with E-state index in [4.69, 9.17) is 9.72 Å². The summed E-state index contributed by atoms with van der Waals surface area (Å²) in [7, 11) is 0. The number of likely N-dealkylation sites (tertiary alicyclic amines) is 1. The van der Waals surface area contributed by atoms with Gasteiger partial charge in [-0.1, -0.05) is 30.3 Å². The van der Waals surface area contributed by atoms with E-state index in [0.717, 1.165) is 29.0 Å². The zero-order chi connectivity index (χ0) is 22.0. The molecule has 1 N–H and O–H groups in total. The molecule has 2 heterocycles. The maximum Gasteiger partial charge on any atom is 0.410 e. The highest BCUT2D eigenvalue weighted by Gasteiger charge is 2.30. The first-order chi connectivity index (χ1) is 14.8. The third-order valence-electron chi connectivity index (χ3n) is 5.29. The molecular weight excluding hydrogens is 390 g/mol. The Labute approximate surface area is 182 Å². The van der Waals surface area contributed by atoms with Gasteiger partial charge in [-0.3, -0.25) is 0 Å². The van der Waals surface area contributed by atoms with Gasteiger partial charge in [-0.25, -0.2) is 9.78 Å². The lowest BCUT2D eigenvalue weighted by atomic mass is 10.1. The second-order valence-corrected chi connectivity index (χ2v) is 8.84. The highest BCUT2D eigenvalue weighted by Crippen LogP contribution is 2.25. The summed E-state index contributed by atoms with van der Waals surface area (Å²) < 4.78 is 7.60. The van der Waals surface area contributed by atoms with E-state index >= 15 is 0 Å². The Morgan fingerprint density at radius 1 is 1.23 bits per heavy atom. The van der Waals surface area contributed by atoms with E-state index in [-0.39, 0.29) is 12.1 Å². The first-order valence-corrected chi connectivity index (χ1v) is 10.5. The second-order valence-electron chi connectivity index (χ2n) is 8.84. The number of hydrogen-bond donors (Lipinski definition) is 1. The molecule has 0 radical (unpaired) electrons. The highest BCUT2D eigenvalue weighted by molar-refractivity contribution is 5.79. The van der Waals surface area contributed by atoms with Gasteiger partial charge in [-0.15, -0.1) is 0 Å². The average Bonchev–Trinajstić information content (AvgIpc) is 3.33. The highest BCUT2D eigenvalue weighted by atomic mass is 16.6. The molecular formula is C24H27N5O2. The minimum absolute atomic E-state index is 0.0780. The van der Waals surface area contributed by atoms with Crippen molar-refractivity contribution < 1.29 is 9.53 Å². The van der Waals surface area contributed by atoms with E-state index in [2.05, 4.69) is 16.0 Å². The SMILES string of the molecule is CC(C)(C)OC(=O)N1CC[C@@H](Nc2nc3ccccc3n2Cc2ccccc2C#N)C1. The largest absolute Gasteiger partial charge is 0.444 e. The Morgan fingerprint density at radius 3 is 2.74 bits per heavy atom. The van der Waals surface area contributed by atoms with Crippen molar-refractivity contribution in [1.82, 2.24) is 14.5 Å². The number of nitriles is 1. The van der Waals surface area contributed by atoms with Gasteiger partial charge >= 0.3 is 6.09 Å². The molecule has 1 amide bonds. The molecule has 7 nitrogen and oxygen atoms in total. The summed E-state index contributed by atoms with van der Waals surface area (Å²) in [6, 6.07) is 17.9. The average molecular weight is 418 g/mol. The fourth-order valence-corrected chi connectivity index (χ4v) is 3.84. The third kappa shape index (κ3) is 4.64. The summed E-state index contributed by atoms with van der Waals surface area (Å²) in [5.74, 6) is 0.741. The Morgan fingerprint density at radius 2 is 1.97 bits per heavy atom. The standard InChI is InChI=1S/C24H27N5O2/c1-24(2,3)31-23(30)28-13-12-19(16-28)26-22-27-20-10-6-7-11-21(20)29(22)15-18-9-5-4-8-17(18)14-25/h4-11,19H,12-13,15-16H2,1-3H3,(H,26,27)/t19-/m1/s1. The molecule has 4 rings (SSSR count). The van der Waals surface area contributed by atoms with E-state index in [1.165, 1.54) is 0 Å². The molecule has 1 aromatic heterocycles. The number of imidazole rings is 1. The molecule has 1 atom stereocenters. The van der Waals surface area contributed by atoms with E-state index < -0.39 is 5.60 Å². The van der Waals surface area contributed by atoms with Gasteiger partial charge in [-0.2, -0.15) is 5.26 Å². The van der Waals surface area contributed by atoms with E-state index in [9.17, 15) is 10.1 Å². The molecule has 0 bridgehead atoms. The molecule has 1 saturated heterocycles. The number of nitrogens with zero attached hydrogens (tertiary/aromatic N) is 4. The van der Waals surface area contributed by atoms with Gasteiger partial charge in [0, 0.05) is 19.1 Å². The first-order valence-electron chi connectivity index (χ1n) is 10.5. The number of carbonyl (C=O) groups excluding carboxylic acids is 1. The zero-order valence-electron chi connectivity index (χ0n) is 18.1. The van der Waals surface area contributed by atoms with Gasteiger partial charge in [0.15, 0.2) is 0 Å². The molecule has 1 aliphatic heterocycles. The van der Waals surface area contributed by atoms with Crippen molar-refractivity contribution in [2.45, 2.75) is 45.4 Å². The van der Waals surface area contributed by atoms with Gasteiger partial charge in [0.1, 0.15) is 5.60 Å². The molecule has 0 saturated carbocycles. The maximum atomic E-state index is 12.4. The van der Waals surface area contributed by atoms with Gasteiger partial charge in [0.05, 0.1) is 29.2 Å². The third-order valence-corrected chi connectivity index (χ3v) is 5.29. The maximum absolute atomic E-state index is 12.4. The Hall–Kier alpha value is -3.53. The van der Waals surface area contributed by atoms with Crippen LogP contribution in [0.2, 0.25) is 0 Å². The van der Waals surface area contributed by atoms with E-state index in [0.29, 0.717) is 25.2 Å². The molecule has 1 fully saturated rings. The quantitative estimate of drug-likeness (QED) is 0.681. The zero-order valence-corrected chi connectivity index (χ0v) is 18.1. The van der Waals surface area contributed by atoms with Crippen LogP contribution >= 0.6 is 0 Å². The van der Waals surface area contributed by atoms with Crippen LogP contribution in [0.1, 0.15) is 38.3 Å². The smallest absolute Gasteiger partial charge is 0.410 e. The number of rotatable bonds is 4. The number of para-hydroxylation sites is 2. The van der Waals surface area contributed by atoms with Crippen molar-refractivity contribution in [3.05, 3.63) is 59.7 Å². The van der Waals surface area contributed by atoms with Crippen molar-refractivity contribution in [2.75, 3.05) is 18.4 Å². The normalized spacial score (nSPS) is 16.3.